The maximum atomic E-state index is 12.7. The van der Waals surface area contributed by atoms with Gasteiger partial charge in [0.1, 0.15) is 0 Å². The monoisotopic (exact) mass is 393 g/mol. The Bertz CT molecular complexity index is 910. The third-order valence-electron chi connectivity index (χ3n) is 5.03. The van der Waals surface area contributed by atoms with Crippen molar-refractivity contribution in [1.82, 2.24) is 4.90 Å². The van der Waals surface area contributed by atoms with Crippen LogP contribution in [0.3, 0.4) is 0 Å². The molecular weight excluding hydrogens is 366 g/mol. The number of aryl methyl sites for hydroxylation is 1. The van der Waals surface area contributed by atoms with Gasteiger partial charge in [-0.3, -0.25) is 14.4 Å². The summed E-state index contributed by atoms with van der Waals surface area (Å²) in [7, 11) is 0. The van der Waals surface area contributed by atoms with Crippen LogP contribution >= 0.6 is 0 Å². The van der Waals surface area contributed by atoms with Crippen molar-refractivity contribution in [2.75, 3.05) is 23.7 Å². The molecule has 3 rings (SSSR count). The van der Waals surface area contributed by atoms with Gasteiger partial charge in [-0.25, -0.2) is 0 Å². The average Bonchev–Trinajstić information content (AvgIpc) is 2.70. The lowest BCUT2D eigenvalue weighted by Crippen LogP contribution is -2.44. The van der Waals surface area contributed by atoms with E-state index in [4.69, 9.17) is 0 Å². The number of hydrogen-bond acceptors (Lipinski definition) is 3. The van der Waals surface area contributed by atoms with E-state index in [0.717, 1.165) is 12.0 Å². The predicted octanol–water partition coefficient (Wildman–Crippen LogP) is 3.83. The molecule has 0 saturated carbocycles. The van der Waals surface area contributed by atoms with E-state index in [0.29, 0.717) is 42.9 Å². The zero-order valence-corrected chi connectivity index (χ0v) is 16.9. The standard InChI is InChI=1S/C23H27N3O3/c1-3-12-26-15-18(10-11-21(26)27)23(29)25-20-9-5-8-19(14-20)24-22(28)17-7-4-6-16(2)13-17/h4-9,13-14,18H,3,10-12,15H2,1-2H3,(H,24,28)(H,25,29). The molecule has 2 N–H and O–H groups in total. The molecule has 6 nitrogen and oxygen atoms in total. The molecule has 1 unspecified atom stereocenters. The SMILES string of the molecule is CCCN1CC(C(=O)Nc2cccc(NC(=O)c3cccc(C)c3)c2)CCC1=O. The summed E-state index contributed by atoms with van der Waals surface area (Å²) in [6.07, 6.45) is 1.85. The number of carbonyl (C=O) groups excluding carboxylic acids is 3. The molecule has 2 aromatic carbocycles. The number of anilines is 2. The maximum Gasteiger partial charge on any atom is 0.255 e. The first kappa shape index (κ1) is 20.6. The van der Waals surface area contributed by atoms with E-state index in [1.807, 2.05) is 32.0 Å². The van der Waals surface area contributed by atoms with Crippen LogP contribution in [0.25, 0.3) is 0 Å². The molecule has 1 heterocycles. The maximum absolute atomic E-state index is 12.7. The van der Waals surface area contributed by atoms with Crippen molar-refractivity contribution < 1.29 is 14.4 Å². The van der Waals surface area contributed by atoms with E-state index >= 15 is 0 Å². The van der Waals surface area contributed by atoms with Crippen LogP contribution in [0.1, 0.15) is 42.1 Å². The minimum Gasteiger partial charge on any atom is -0.342 e. The lowest BCUT2D eigenvalue weighted by atomic mass is 9.96. The molecule has 3 amide bonds. The average molecular weight is 393 g/mol. The molecule has 0 radical (unpaired) electrons. The summed E-state index contributed by atoms with van der Waals surface area (Å²) in [6, 6.07) is 14.5. The zero-order valence-electron chi connectivity index (χ0n) is 16.9. The van der Waals surface area contributed by atoms with Crippen molar-refractivity contribution in [2.24, 2.45) is 5.92 Å². The van der Waals surface area contributed by atoms with Crippen LogP contribution in [0.15, 0.2) is 48.5 Å². The van der Waals surface area contributed by atoms with E-state index in [2.05, 4.69) is 10.6 Å². The van der Waals surface area contributed by atoms with Gasteiger partial charge in [-0.1, -0.05) is 30.7 Å². The van der Waals surface area contributed by atoms with E-state index in [1.54, 1.807) is 35.2 Å². The van der Waals surface area contributed by atoms with Crippen LogP contribution in [0, 0.1) is 12.8 Å². The van der Waals surface area contributed by atoms with Gasteiger partial charge in [0, 0.05) is 36.4 Å². The summed E-state index contributed by atoms with van der Waals surface area (Å²) in [5, 5.41) is 5.79. The molecule has 1 atom stereocenters. The molecule has 1 aliphatic rings. The van der Waals surface area contributed by atoms with Gasteiger partial charge in [0.2, 0.25) is 11.8 Å². The summed E-state index contributed by atoms with van der Waals surface area (Å²) in [4.78, 5) is 38.8. The van der Waals surface area contributed by atoms with Crippen LogP contribution in [0.2, 0.25) is 0 Å². The number of carbonyl (C=O) groups is 3. The molecule has 0 bridgehead atoms. The Morgan fingerprint density at radius 3 is 2.52 bits per heavy atom. The number of amides is 3. The van der Waals surface area contributed by atoms with Gasteiger partial charge in [0.15, 0.2) is 0 Å². The summed E-state index contributed by atoms with van der Waals surface area (Å²) in [5.41, 5.74) is 2.83. The summed E-state index contributed by atoms with van der Waals surface area (Å²) >= 11 is 0. The van der Waals surface area contributed by atoms with Gasteiger partial charge < -0.3 is 15.5 Å². The second-order valence-corrected chi connectivity index (χ2v) is 7.47. The van der Waals surface area contributed by atoms with Crippen molar-refractivity contribution in [3.05, 3.63) is 59.7 Å². The first-order chi connectivity index (χ1) is 14.0. The molecule has 0 aromatic heterocycles. The molecule has 1 saturated heterocycles. The highest BCUT2D eigenvalue weighted by Crippen LogP contribution is 2.22. The fourth-order valence-electron chi connectivity index (χ4n) is 3.52. The van der Waals surface area contributed by atoms with Gasteiger partial charge in [-0.15, -0.1) is 0 Å². The minimum absolute atomic E-state index is 0.0965. The summed E-state index contributed by atoms with van der Waals surface area (Å²) < 4.78 is 0. The van der Waals surface area contributed by atoms with Crippen LogP contribution in [-0.4, -0.2) is 35.7 Å². The van der Waals surface area contributed by atoms with Crippen LogP contribution in [0.5, 0.6) is 0 Å². The van der Waals surface area contributed by atoms with Gasteiger partial charge in [0.25, 0.3) is 5.91 Å². The molecular formula is C23H27N3O3. The largest absolute Gasteiger partial charge is 0.342 e. The van der Waals surface area contributed by atoms with Crippen molar-refractivity contribution in [1.29, 1.82) is 0 Å². The number of likely N-dealkylation sites (tertiary alicyclic amines) is 1. The Hall–Kier alpha value is -3.15. The highest BCUT2D eigenvalue weighted by Gasteiger charge is 2.29. The number of benzene rings is 2. The molecule has 1 aliphatic heterocycles. The van der Waals surface area contributed by atoms with Gasteiger partial charge in [-0.05, 0) is 50.1 Å². The molecule has 0 spiro atoms. The van der Waals surface area contributed by atoms with E-state index < -0.39 is 0 Å². The molecule has 152 valence electrons. The third-order valence-corrected chi connectivity index (χ3v) is 5.03. The van der Waals surface area contributed by atoms with Gasteiger partial charge in [0.05, 0.1) is 5.92 Å². The summed E-state index contributed by atoms with van der Waals surface area (Å²) in [6.45, 7) is 5.10. The van der Waals surface area contributed by atoms with Crippen molar-refractivity contribution >= 4 is 29.1 Å². The van der Waals surface area contributed by atoms with Gasteiger partial charge >= 0.3 is 0 Å². The molecule has 6 heteroatoms. The number of hydrogen-bond donors (Lipinski definition) is 2. The molecule has 29 heavy (non-hydrogen) atoms. The number of nitrogens with one attached hydrogen (secondary N) is 2. The first-order valence-corrected chi connectivity index (χ1v) is 10.0. The van der Waals surface area contributed by atoms with Crippen LogP contribution in [0.4, 0.5) is 11.4 Å². The Morgan fingerprint density at radius 1 is 1.07 bits per heavy atom. The second kappa shape index (κ2) is 9.37. The van der Waals surface area contributed by atoms with Crippen LogP contribution < -0.4 is 10.6 Å². The first-order valence-electron chi connectivity index (χ1n) is 10.0. The second-order valence-electron chi connectivity index (χ2n) is 7.47. The highest BCUT2D eigenvalue weighted by atomic mass is 16.2. The zero-order chi connectivity index (χ0) is 20.8. The van der Waals surface area contributed by atoms with Crippen molar-refractivity contribution in [3.8, 4) is 0 Å². The van der Waals surface area contributed by atoms with Crippen LogP contribution in [-0.2, 0) is 9.59 Å². The molecule has 2 aromatic rings. The fourth-order valence-corrected chi connectivity index (χ4v) is 3.52. The Morgan fingerprint density at radius 2 is 1.79 bits per heavy atom. The quantitative estimate of drug-likeness (QED) is 0.783. The van der Waals surface area contributed by atoms with Crippen molar-refractivity contribution in [3.63, 3.8) is 0 Å². The van der Waals surface area contributed by atoms with E-state index in [-0.39, 0.29) is 23.6 Å². The Kier molecular flexibility index (Phi) is 6.65. The number of piperidine rings is 1. The Labute approximate surface area is 171 Å². The lowest BCUT2D eigenvalue weighted by Gasteiger charge is -2.31. The highest BCUT2D eigenvalue weighted by molar-refractivity contribution is 6.04. The predicted molar refractivity (Wildman–Crippen MR) is 114 cm³/mol. The number of rotatable bonds is 6. The molecule has 1 fully saturated rings. The van der Waals surface area contributed by atoms with Crippen molar-refractivity contribution in [2.45, 2.75) is 33.1 Å². The topological polar surface area (TPSA) is 78.5 Å². The minimum atomic E-state index is -0.218. The Balaban J connectivity index is 1.63. The third kappa shape index (κ3) is 5.44. The number of nitrogens with zero attached hydrogens (tertiary/aromatic N) is 1. The van der Waals surface area contributed by atoms with Gasteiger partial charge in [-0.2, -0.15) is 0 Å². The van der Waals surface area contributed by atoms with E-state index in [1.165, 1.54) is 0 Å². The normalized spacial score (nSPS) is 16.4. The lowest BCUT2D eigenvalue weighted by molar-refractivity contribution is -0.137. The summed E-state index contributed by atoms with van der Waals surface area (Å²) in [5.74, 6) is -0.388. The smallest absolute Gasteiger partial charge is 0.255 e. The molecule has 0 aliphatic carbocycles. The fraction of sp³-hybridized carbons (Fsp3) is 0.348. The van der Waals surface area contributed by atoms with E-state index in [9.17, 15) is 14.4 Å².